The molecule has 1 aliphatic rings. The molecular weight excluding hydrogens is 393 g/mol. The zero-order valence-electron chi connectivity index (χ0n) is 15.6. The molecule has 2 heterocycles. The Bertz CT molecular complexity index is 1120. The quantitative estimate of drug-likeness (QED) is 0.224. The summed E-state index contributed by atoms with van der Waals surface area (Å²) in [5.41, 5.74) is 13.9. The van der Waals surface area contributed by atoms with Crippen LogP contribution >= 0.6 is 0 Å². The minimum atomic E-state index is -1.73. The van der Waals surface area contributed by atoms with E-state index in [0.717, 1.165) is 0 Å². The number of rotatable bonds is 4. The molecule has 3 aromatic rings. The first-order valence-electron chi connectivity index (χ1n) is 9.11. The van der Waals surface area contributed by atoms with E-state index in [1.165, 1.54) is 18.2 Å². The van der Waals surface area contributed by atoms with Crippen LogP contribution in [0, 0.1) is 5.82 Å². The number of nitrogens with two attached hydrogens (primary N) is 2. The number of anilines is 1. The van der Waals surface area contributed by atoms with Crippen LogP contribution in [0.4, 0.5) is 15.8 Å². The number of fused-ring (bicyclic) bond motifs is 1. The molecule has 150 valence electrons. The molecule has 0 spiro atoms. The third kappa shape index (κ3) is 4.12. The van der Waals surface area contributed by atoms with Crippen molar-refractivity contribution in [2.24, 2.45) is 10.7 Å². The fourth-order valence-corrected chi connectivity index (χ4v) is 4.47. The zero-order valence-corrected chi connectivity index (χ0v) is 16.5. The molecule has 1 fully saturated rings. The van der Waals surface area contributed by atoms with Crippen molar-refractivity contribution in [2.45, 2.75) is 4.90 Å². The number of halogens is 1. The summed E-state index contributed by atoms with van der Waals surface area (Å²) in [5.74, 6) is -0.353. The Morgan fingerprint density at radius 3 is 2.76 bits per heavy atom. The maximum absolute atomic E-state index is 13.6. The molecule has 0 saturated carbocycles. The lowest BCUT2D eigenvalue weighted by atomic mass is 10.1. The number of morpholine rings is 1. The van der Waals surface area contributed by atoms with E-state index < -0.39 is 16.8 Å². The van der Waals surface area contributed by atoms with Gasteiger partial charge in [-0.1, -0.05) is 4.21 Å². The second-order valence-corrected chi connectivity index (χ2v) is 8.23. The lowest BCUT2D eigenvalue weighted by Gasteiger charge is -2.20. The topological polar surface area (TPSA) is 107 Å². The number of hydrogen-bond acceptors (Lipinski definition) is 5. The zero-order chi connectivity index (χ0) is 20.4. The Hall–Kier alpha value is -2.88. The number of aromatic nitrogens is 1. The molecule has 2 aromatic carbocycles. The predicted octanol–water partition coefficient (Wildman–Crippen LogP) is 2.30. The van der Waals surface area contributed by atoms with E-state index in [9.17, 15) is 8.60 Å². The first-order chi connectivity index (χ1) is 14.0. The van der Waals surface area contributed by atoms with Crippen molar-refractivity contribution < 1.29 is 13.3 Å². The number of nitrogen functional groups attached to an aromatic ring is 1. The Morgan fingerprint density at radius 1 is 1.17 bits per heavy atom. The summed E-state index contributed by atoms with van der Waals surface area (Å²) in [7, 11) is -1.73. The molecule has 0 amide bonds. The maximum atomic E-state index is 13.6. The number of hydrogen-bond donors (Lipinski definition) is 2. The number of nitrogens with zero attached hydrogens (tertiary/aromatic N) is 3. The van der Waals surface area contributed by atoms with Crippen LogP contribution in [-0.2, 0) is 19.9 Å². The van der Waals surface area contributed by atoms with Crippen LogP contribution in [0.25, 0.3) is 10.9 Å². The number of benzene rings is 2. The standard InChI is InChI=1S/C20H20FN5O2S/c21-13-1-3-17(22)15(11-13)20(23)25-19-5-6-24-18-4-2-14(12-16(18)19)29(27)26-7-9-28-10-8-26/h1-6,11-12H,7-10,22H2,(H2,23,24,25)/p+1. The molecule has 1 saturated heterocycles. The molecule has 4 N–H and O–H groups in total. The molecule has 0 bridgehead atoms. The van der Waals surface area contributed by atoms with Gasteiger partial charge in [0.05, 0.1) is 37.5 Å². The summed E-state index contributed by atoms with van der Waals surface area (Å²) in [5, 5.41) is 0.708. The van der Waals surface area contributed by atoms with Crippen LogP contribution in [0.3, 0.4) is 0 Å². The molecular formula is C20H21FN5O2S+. The maximum Gasteiger partial charge on any atom is 0.178 e. The lowest BCUT2D eigenvalue weighted by molar-refractivity contribution is 0.0749. The first-order valence-corrected chi connectivity index (χ1v) is 10.3. The molecule has 1 aromatic heterocycles. The number of thiol groups is 1. The van der Waals surface area contributed by atoms with E-state index in [1.807, 2.05) is 22.5 Å². The van der Waals surface area contributed by atoms with E-state index in [4.69, 9.17) is 16.2 Å². The van der Waals surface area contributed by atoms with Crippen molar-refractivity contribution in [1.29, 1.82) is 0 Å². The van der Waals surface area contributed by atoms with Crippen molar-refractivity contribution >= 4 is 39.1 Å². The molecule has 1 unspecified atom stereocenters. The third-order valence-electron chi connectivity index (χ3n) is 4.70. The minimum absolute atomic E-state index is 0.0949. The van der Waals surface area contributed by atoms with E-state index in [1.54, 1.807) is 12.3 Å². The van der Waals surface area contributed by atoms with Crippen molar-refractivity contribution in [3.05, 3.63) is 60.0 Å². The van der Waals surface area contributed by atoms with Gasteiger partial charge in [0.2, 0.25) is 0 Å². The average Bonchev–Trinajstić information content (AvgIpc) is 2.75. The Kier molecular flexibility index (Phi) is 5.52. The van der Waals surface area contributed by atoms with Crippen LogP contribution < -0.4 is 11.5 Å². The highest BCUT2D eigenvalue weighted by Crippen LogP contribution is 2.28. The van der Waals surface area contributed by atoms with Gasteiger partial charge < -0.3 is 16.2 Å². The Morgan fingerprint density at radius 2 is 1.97 bits per heavy atom. The monoisotopic (exact) mass is 414 g/mol. The Balaban J connectivity index is 1.74. The van der Waals surface area contributed by atoms with Crippen molar-refractivity contribution in [3.8, 4) is 0 Å². The average molecular weight is 414 g/mol. The van der Waals surface area contributed by atoms with Gasteiger partial charge in [-0.25, -0.2) is 9.38 Å². The molecule has 1 atom stereocenters. The molecule has 1 aliphatic heterocycles. The van der Waals surface area contributed by atoms with E-state index >= 15 is 0 Å². The van der Waals surface area contributed by atoms with Crippen LogP contribution in [0.2, 0.25) is 0 Å². The summed E-state index contributed by atoms with van der Waals surface area (Å²) < 4.78 is 33.8. The Labute approximate surface area is 169 Å². The summed E-state index contributed by atoms with van der Waals surface area (Å²) in [6.45, 7) is 2.38. The van der Waals surface area contributed by atoms with Gasteiger partial charge in [0.1, 0.15) is 11.7 Å². The van der Waals surface area contributed by atoms with Gasteiger partial charge in [0.15, 0.2) is 15.9 Å². The fraction of sp³-hybridized carbons (Fsp3) is 0.200. The van der Waals surface area contributed by atoms with E-state index in [-0.39, 0.29) is 5.84 Å². The van der Waals surface area contributed by atoms with Gasteiger partial charge in [0.25, 0.3) is 0 Å². The van der Waals surface area contributed by atoms with Gasteiger partial charge >= 0.3 is 0 Å². The highest BCUT2D eigenvalue weighted by molar-refractivity contribution is 7.82. The van der Waals surface area contributed by atoms with Gasteiger partial charge in [-0.05, 0) is 36.4 Å². The SMILES string of the molecule is NC(=Nc1ccnc2ccc([SH+](=O)N3CCOCC3)cc12)c1cc(F)ccc1N. The van der Waals surface area contributed by atoms with Crippen LogP contribution in [0.1, 0.15) is 5.56 Å². The van der Waals surface area contributed by atoms with E-state index in [2.05, 4.69) is 9.98 Å². The highest BCUT2D eigenvalue weighted by atomic mass is 32.2. The number of pyridine rings is 1. The summed E-state index contributed by atoms with van der Waals surface area (Å²) in [4.78, 5) is 9.48. The number of aliphatic imine (C=N–C) groups is 1. The number of ether oxygens (including phenoxy) is 1. The largest absolute Gasteiger partial charge is 0.398 e. The molecule has 29 heavy (non-hydrogen) atoms. The summed E-state index contributed by atoms with van der Waals surface area (Å²) in [6, 6.07) is 11.1. The number of amidine groups is 1. The summed E-state index contributed by atoms with van der Waals surface area (Å²) >= 11 is 0. The fourth-order valence-electron chi connectivity index (χ4n) is 3.18. The molecule has 7 nitrogen and oxygen atoms in total. The first kappa shape index (κ1) is 19.4. The third-order valence-corrected chi connectivity index (χ3v) is 6.33. The van der Waals surface area contributed by atoms with E-state index in [0.29, 0.717) is 59.0 Å². The second kappa shape index (κ2) is 8.24. The predicted molar refractivity (Wildman–Crippen MR) is 113 cm³/mol. The molecule has 0 aliphatic carbocycles. The van der Waals surface area contributed by atoms with Crippen LogP contribution in [0.5, 0.6) is 0 Å². The highest BCUT2D eigenvalue weighted by Gasteiger charge is 2.24. The van der Waals surface area contributed by atoms with Crippen molar-refractivity contribution in [2.75, 3.05) is 32.0 Å². The van der Waals surface area contributed by atoms with Gasteiger partial charge in [-0.2, -0.15) is 0 Å². The molecule has 9 heteroatoms. The normalized spacial score (nSPS) is 16.8. The second-order valence-electron chi connectivity index (χ2n) is 6.60. The smallest absolute Gasteiger partial charge is 0.178 e. The summed E-state index contributed by atoms with van der Waals surface area (Å²) in [6.07, 6.45) is 1.62. The van der Waals surface area contributed by atoms with Crippen molar-refractivity contribution in [3.63, 3.8) is 0 Å². The lowest BCUT2D eigenvalue weighted by Crippen LogP contribution is -2.37. The van der Waals surface area contributed by atoms with Crippen molar-refractivity contribution in [1.82, 2.24) is 9.29 Å². The molecule has 4 rings (SSSR count). The van der Waals surface area contributed by atoms with Crippen LogP contribution in [0.15, 0.2) is 58.5 Å². The molecule has 0 radical (unpaired) electrons. The van der Waals surface area contributed by atoms with Gasteiger partial charge in [-0.15, -0.1) is 4.31 Å². The van der Waals surface area contributed by atoms with Gasteiger partial charge in [-0.3, -0.25) is 4.98 Å². The van der Waals surface area contributed by atoms with Gasteiger partial charge in [0, 0.05) is 28.9 Å². The van der Waals surface area contributed by atoms with Crippen LogP contribution in [-0.4, -0.2) is 41.4 Å². The minimum Gasteiger partial charge on any atom is -0.398 e.